The summed E-state index contributed by atoms with van der Waals surface area (Å²) in [5, 5.41) is 20.1. The van der Waals surface area contributed by atoms with Gasteiger partial charge in [0.1, 0.15) is 0 Å². The van der Waals surface area contributed by atoms with Crippen molar-refractivity contribution in [2.45, 2.75) is 0 Å². The number of hydrogen-bond donors (Lipinski definition) is 0. The minimum absolute atomic E-state index is 0.599. The van der Waals surface area contributed by atoms with Gasteiger partial charge in [-0.15, -0.1) is 0 Å². The highest BCUT2D eigenvalue weighted by Crippen LogP contribution is 2.27. The van der Waals surface area contributed by atoms with Gasteiger partial charge >= 0.3 is 0 Å². The third-order valence-corrected chi connectivity index (χ3v) is 5.01. The van der Waals surface area contributed by atoms with Crippen molar-refractivity contribution < 1.29 is 0 Å². The molecule has 0 atom stereocenters. The maximum absolute atomic E-state index is 8.98. The van der Waals surface area contributed by atoms with Crippen molar-refractivity contribution >= 4 is 33.4 Å². The number of nitriles is 2. The number of hydrogen-bond acceptors (Lipinski definition) is 5. The van der Waals surface area contributed by atoms with Crippen LogP contribution in [-0.4, -0.2) is 15.0 Å². The summed E-state index contributed by atoms with van der Waals surface area (Å²) in [6.07, 6.45) is 6.95. The highest BCUT2D eigenvalue weighted by molar-refractivity contribution is 6.35. The number of rotatable bonds is 1. The zero-order valence-electron chi connectivity index (χ0n) is 16.2. The molecule has 0 amide bonds. The van der Waals surface area contributed by atoms with Gasteiger partial charge in [-0.2, -0.15) is 10.5 Å². The molecule has 5 nitrogen and oxygen atoms in total. The van der Waals surface area contributed by atoms with Crippen LogP contribution in [0.25, 0.3) is 32.9 Å². The van der Waals surface area contributed by atoms with Crippen LogP contribution in [-0.2, 0) is 0 Å². The topological polar surface area (TPSA) is 86.2 Å². The molecule has 0 unspecified atom stereocenters. The first-order valence-corrected chi connectivity index (χ1v) is 9.71. The Balaban J connectivity index is 0.000000158. The zero-order chi connectivity index (χ0) is 21.6. The lowest BCUT2D eigenvalue weighted by Crippen LogP contribution is -1.86. The second kappa shape index (κ2) is 9.00. The van der Waals surface area contributed by atoms with Crippen LogP contribution in [0.2, 0.25) is 5.02 Å². The predicted octanol–water partition coefficient (Wildman–Crippen LogP) is 5.93. The Labute approximate surface area is 183 Å². The summed E-state index contributed by atoms with van der Waals surface area (Å²) in [4.78, 5) is 12.5. The Bertz CT molecular complexity index is 1470. The van der Waals surface area contributed by atoms with E-state index in [4.69, 9.17) is 22.1 Å². The van der Waals surface area contributed by atoms with Gasteiger partial charge in [0.25, 0.3) is 0 Å². The Kier molecular flexibility index (Phi) is 5.80. The maximum Gasteiger partial charge on any atom is 0.0991 e. The van der Waals surface area contributed by atoms with E-state index in [1.165, 1.54) is 0 Å². The number of nitrogens with zero attached hydrogens (tertiary/aromatic N) is 5. The molecule has 3 aromatic heterocycles. The van der Waals surface area contributed by atoms with Gasteiger partial charge in [0.2, 0.25) is 0 Å². The fraction of sp³-hybridized carbons (Fsp3) is 0. The summed E-state index contributed by atoms with van der Waals surface area (Å²) >= 11 is 5.94. The third kappa shape index (κ3) is 4.33. The van der Waals surface area contributed by atoms with E-state index in [0.717, 1.165) is 32.9 Å². The second-order valence-electron chi connectivity index (χ2n) is 6.57. The van der Waals surface area contributed by atoms with Gasteiger partial charge in [-0.1, -0.05) is 11.6 Å². The zero-order valence-corrected chi connectivity index (χ0v) is 17.0. The largest absolute Gasteiger partial charge is 0.265 e. The molecule has 0 saturated carbocycles. The van der Waals surface area contributed by atoms with E-state index in [0.29, 0.717) is 16.1 Å². The Morgan fingerprint density at radius 2 is 1.23 bits per heavy atom. The van der Waals surface area contributed by atoms with Crippen LogP contribution >= 0.6 is 11.6 Å². The van der Waals surface area contributed by atoms with Crippen LogP contribution in [0.1, 0.15) is 11.1 Å². The number of fused-ring (bicyclic) bond motifs is 2. The molecule has 0 radical (unpaired) electrons. The molecular formula is C25H14ClN5. The number of halogens is 1. The summed E-state index contributed by atoms with van der Waals surface area (Å²) in [5.74, 6) is 0. The van der Waals surface area contributed by atoms with Crippen LogP contribution in [0.5, 0.6) is 0 Å². The minimum atomic E-state index is 0.599. The van der Waals surface area contributed by atoms with Gasteiger partial charge in [-0.3, -0.25) is 15.0 Å². The highest BCUT2D eigenvalue weighted by Gasteiger charge is 2.05. The lowest BCUT2D eigenvalue weighted by molar-refractivity contribution is 1.33. The smallest absolute Gasteiger partial charge is 0.0991 e. The first-order valence-electron chi connectivity index (χ1n) is 9.33. The summed E-state index contributed by atoms with van der Waals surface area (Å²) < 4.78 is 0. The van der Waals surface area contributed by atoms with E-state index >= 15 is 0 Å². The quantitative estimate of drug-likeness (QED) is 0.336. The molecule has 3 heterocycles. The van der Waals surface area contributed by atoms with Crippen molar-refractivity contribution in [1.29, 1.82) is 10.5 Å². The fourth-order valence-corrected chi connectivity index (χ4v) is 3.39. The molecule has 0 spiro atoms. The van der Waals surface area contributed by atoms with E-state index in [1.54, 1.807) is 55.1 Å². The summed E-state index contributed by atoms with van der Waals surface area (Å²) in [6, 6.07) is 22.6. The Morgan fingerprint density at radius 1 is 0.645 bits per heavy atom. The lowest BCUT2D eigenvalue weighted by Gasteiger charge is -2.06. The normalized spacial score (nSPS) is 10.0. The molecule has 0 saturated heterocycles. The van der Waals surface area contributed by atoms with E-state index in [2.05, 4.69) is 27.1 Å². The predicted molar refractivity (Wildman–Crippen MR) is 121 cm³/mol. The van der Waals surface area contributed by atoms with Crippen molar-refractivity contribution in [2.75, 3.05) is 0 Å². The van der Waals surface area contributed by atoms with Gasteiger partial charge in [-0.05, 0) is 71.8 Å². The van der Waals surface area contributed by atoms with Crippen LogP contribution in [0.3, 0.4) is 0 Å². The van der Waals surface area contributed by atoms with Crippen LogP contribution < -0.4 is 0 Å². The van der Waals surface area contributed by atoms with Crippen molar-refractivity contribution in [3.63, 3.8) is 0 Å². The molecule has 0 N–H and O–H groups in total. The summed E-state index contributed by atoms with van der Waals surface area (Å²) in [7, 11) is 0. The standard InChI is InChI=1S/C15H9N3.C10H5ClN2/c16-10-11-1-2-15-14(9-11)13(5-8-18-15)12-3-6-17-7-4-12;11-9-3-4-13-10-2-1-7(6-12)5-8(9)10/h1-9H;1-5H. The summed E-state index contributed by atoms with van der Waals surface area (Å²) in [6.45, 7) is 0. The first kappa shape index (κ1) is 20.0. The molecular weight excluding hydrogens is 406 g/mol. The highest BCUT2D eigenvalue weighted by atomic mass is 35.5. The maximum atomic E-state index is 8.98. The van der Waals surface area contributed by atoms with E-state index in [1.807, 2.05) is 30.3 Å². The molecule has 0 aliphatic rings. The van der Waals surface area contributed by atoms with Gasteiger partial charge in [0.05, 0.1) is 39.3 Å². The number of benzene rings is 2. The van der Waals surface area contributed by atoms with Crippen molar-refractivity contribution in [1.82, 2.24) is 15.0 Å². The van der Waals surface area contributed by atoms with Crippen LogP contribution in [0.15, 0.2) is 85.5 Å². The van der Waals surface area contributed by atoms with Gasteiger partial charge in [0.15, 0.2) is 0 Å². The van der Waals surface area contributed by atoms with Gasteiger partial charge < -0.3 is 0 Å². The average Bonchev–Trinajstić information content (AvgIpc) is 2.84. The Morgan fingerprint density at radius 3 is 1.87 bits per heavy atom. The molecule has 0 aliphatic heterocycles. The van der Waals surface area contributed by atoms with Crippen LogP contribution in [0, 0.1) is 22.7 Å². The molecule has 31 heavy (non-hydrogen) atoms. The molecule has 2 aromatic carbocycles. The van der Waals surface area contributed by atoms with Gasteiger partial charge in [0, 0.05) is 35.6 Å². The molecule has 6 heteroatoms. The van der Waals surface area contributed by atoms with Crippen molar-refractivity contribution in [3.8, 4) is 23.3 Å². The number of pyridine rings is 3. The molecule has 146 valence electrons. The average molecular weight is 420 g/mol. The molecule has 0 aliphatic carbocycles. The number of aromatic nitrogens is 3. The van der Waals surface area contributed by atoms with E-state index < -0.39 is 0 Å². The lowest BCUT2D eigenvalue weighted by atomic mass is 10.0. The van der Waals surface area contributed by atoms with Crippen LogP contribution in [0.4, 0.5) is 0 Å². The van der Waals surface area contributed by atoms with Crippen molar-refractivity contribution in [3.05, 3.63) is 102 Å². The Hall–Kier alpha value is -4.32. The SMILES string of the molecule is N#Cc1ccc2nccc(-c3ccncc3)c2c1.N#Cc1ccc2nccc(Cl)c2c1. The van der Waals surface area contributed by atoms with Crippen molar-refractivity contribution in [2.24, 2.45) is 0 Å². The first-order chi connectivity index (χ1) is 15.2. The molecule has 0 bridgehead atoms. The minimum Gasteiger partial charge on any atom is -0.265 e. The molecule has 5 aromatic rings. The molecule has 5 rings (SSSR count). The monoisotopic (exact) mass is 419 g/mol. The second-order valence-corrected chi connectivity index (χ2v) is 6.98. The molecule has 0 fully saturated rings. The fourth-order valence-electron chi connectivity index (χ4n) is 3.18. The van der Waals surface area contributed by atoms with E-state index in [-0.39, 0.29) is 0 Å². The van der Waals surface area contributed by atoms with E-state index in [9.17, 15) is 0 Å². The third-order valence-electron chi connectivity index (χ3n) is 4.68. The van der Waals surface area contributed by atoms with Gasteiger partial charge in [-0.25, -0.2) is 0 Å². The summed E-state index contributed by atoms with van der Waals surface area (Å²) in [5.41, 5.74) is 5.09.